The molecule has 0 fully saturated rings. The molecule has 0 saturated heterocycles. The maximum absolute atomic E-state index is 12.8. The quantitative estimate of drug-likeness (QED) is 0.171. The number of hydrogen-bond donors (Lipinski definition) is 2. The van der Waals surface area contributed by atoms with Crippen LogP contribution in [0.25, 0.3) is 11.3 Å². The lowest BCUT2D eigenvalue weighted by atomic mass is 9.97. The van der Waals surface area contributed by atoms with Crippen molar-refractivity contribution in [3.63, 3.8) is 0 Å². The Morgan fingerprint density at radius 2 is 1.62 bits per heavy atom. The fourth-order valence-electron chi connectivity index (χ4n) is 3.72. The van der Waals surface area contributed by atoms with E-state index in [9.17, 15) is 14.4 Å². The van der Waals surface area contributed by atoms with Crippen LogP contribution in [0.1, 0.15) is 75.9 Å². The summed E-state index contributed by atoms with van der Waals surface area (Å²) >= 11 is 1.41. The van der Waals surface area contributed by atoms with Gasteiger partial charge in [-0.05, 0) is 85.1 Å². The molecule has 2 rings (SSSR count). The number of rotatable bonds is 10. The highest BCUT2D eigenvalue weighted by molar-refractivity contribution is 7.99. The Kier molecular flexibility index (Phi) is 11.4. The number of ether oxygens (including phenoxy) is 2. The van der Waals surface area contributed by atoms with Crippen molar-refractivity contribution in [2.75, 3.05) is 31.6 Å². The molecular weight excluding hydrogens is 530 g/mol. The summed E-state index contributed by atoms with van der Waals surface area (Å²) in [5.74, 6) is 0.208. The Morgan fingerprint density at radius 1 is 0.975 bits per heavy atom. The van der Waals surface area contributed by atoms with E-state index in [0.717, 1.165) is 16.7 Å². The van der Waals surface area contributed by atoms with Crippen molar-refractivity contribution >= 4 is 35.7 Å². The molecule has 220 valence electrons. The molecule has 10 nitrogen and oxygen atoms in total. The van der Waals surface area contributed by atoms with Crippen LogP contribution in [0.15, 0.2) is 23.2 Å². The molecule has 0 aliphatic rings. The summed E-state index contributed by atoms with van der Waals surface area (Å²) in [6, 6.07) is 5.52. The summed E-state index contributed by atoms with van der Waals surface area (Å²) in [6.45, 7) is 15.7. The number of carbonyl (C=O) groups excluding carboxylic acids is 3. The predicted octanol–water partition coefficient (Wildman–Crippen LogP) is 5.15. The third-order valence-electron chi connectivity index (χ3n) is 5.52. The number of nitrogens with zero attached hydrogens (tertiary/aromatic N) is 3. The van der Waals surface area contributed by atoms with E-state index in [1.54, 1.807) is 38.8 Å². The summed E-state index contributed by atoms with van der Waals surface area (Å²) in [7, 11) is 1.74. The van der Waals surface area contributed by atoms with Crippen molar-refractivity contribution in [3.8, 4) is 11.3 Å². The Morgan fingerprint density at radius 3 is 2.25 bits per heavy atom. The zero-order valence-electron chi connectivity index (χ0n) is 25.1. The number of esters is 1. The SMILES string of the molecule is Cc1cc(C)c(-c2cc(SCCC(=O)N(C)CCCNC(=O)OC(C)(C)C)nc(N)n2)cc1C(=O)OC(C)(C)C. The molecule has 2 amide bonds. The van der Waals surface area contributed by atoms with Crippen LogP contribution in [0.5, 0.6) is 0 Å². The number of hydrogen-bond acceptors (Lipinski definition) is 9. The molecule has 0 aliphatic carbocycles. The van der Waals surface area contributed by atoms with Crippen molar-refractivity contribution in [2.45, 2.75) is 84.5 Å². The van der Waals surface area contributed by atoms with E-state index in [4.69, 9.17) is 15.2 Å². The number of aromatic nitrogens is 2. The minimum atomic E-state index is -0.611. The fraction of sp³-hybridized carbons (Fsp3) is 0.552. The molecule has 1 heterocycles. The number of nitrogen functional groups attached to an aromatic ring is 1. The second-order valence-corrected chi connectivity index (χ2v) is 12.7. The average molecular weight is 574 g/mol. The molecule has 2 aromatic rings. The van der Waals surface area contributed by atoms with Gasteiger partial charge in [0.15, 0.2) is 0 Å². The molecule has 3 N–H and O–H groups in total. The van der Waals surface area contributed by atoms with E-state index in [1.807, 2.05) is 46.8 Å². The van der Waals surface area contributed by atoms with Gasteiger partial charge < -0.3 is 25.4 Å². The monoisotopic (exact) mass is 573 g/mol. The maximum atomic E-state index is 12.8. The number of anilines is 1. The number of nitrogens with one attached hydrogen (secondary N) is 1. The van der Waals surface area contributed by atoms with Crippen LogP contribution >= 0.6 is 11.8 Å². The molecule has 0 bridgehead atoms. The number of aryl methyl sites for hydroxylation is 2. The van der Waals surface area contributed by atoms with E-state index in [-0.39, 0.29) is 11.9 Å². The number of benzene rings is 1. The number of alkyl carbamates (subject to hydrolysis) is 1. The van der Waals surface area contributed by atoms with Crippen molar-refractivity contribution in [1.82, 2.24) is 20.2 Å². The third-order valence-corrected chi connectivity index (χ3v) is 6.43. The summed E-state index contributed by atoms with van der Waals surface area (Å²) in [4.78, 5) is 47.5. The van der Waals surface area contributed by atoms with Gasteiger partial charge in [0.25, 0.3) is 0 Å². The summed E-state index contributed by atoms with van der Waals surface area (Å²) < 4.78 is 10.8. The standard InChI is InChI=1S/C29H43N5O5S/c1-18-15-19(2)21(25(36)38-28(3,4)5)16-20(18)22-17-23(33-26(30)32-22)40-14-11-24(35)34(9)13-10-12-31-27(37)39-29(6,7)8/h15-17H,10-14H2,1-9H3,(H,31,37)(H2,30,32,33). The van der Waals surface area contributed by atoms with Crippen LogP contribution in [-0.4, -0.2) is 69.9 Å². The van der Waals surface area contributed by atoms with Crippen LogP contribution < -0.4 is 11.1 Å². The van der Waals surface area contributed by atoms with Gasteiger partial charge in [-0.15, -0.1) is 11.8 Å². The summed E-state index contributed by atoms with van der Waals surface area (Å²) in [5.41, 5.74) is 8.44. The van der Waals surface area contributed by atoms with Gasteiger partial charge in [-0.2, -0.15) is 0 Å². The van der Waals surface area contributed by atoms with E-state index in [2.05, 4.69) is 15.3 Å². The second kappa shape index (κ2) is 13.8. The highest BCUT2D eigenvalue weighted by Gasteiger charge is 2.21. The van der Waals surface area contributed by atoms with Gasteiger partial charge in [-0.25, -0.2) is 19.6 Å². The lowest BCUT2D eigenvalue weighted by molar-refractivity contribution is -0.129. The number of thioether (sulfide) groups is 1. The predicted molar refractivity (Wildman–Crippen MR) is 158 cm³/mol. The lowest BCUT2D eigenvalue weighted by Gasteiger charge is -2.21. The van der Waals surface area contributed by atoms with E-state index < -0.39 is 23.3 Å². The molecule has 40 heavy (non-hydrogen) atoms. The molecule has 1 aromatic carbocycles. The molecule has 1 aromatic heterocycles. The Bertz CT molecular complexity index is 1220. The van der Waals surface area contributed by atoms with Crippen molar-refractivity contribution in [3.05, 3.63) is 34.9 Å². The van der Waals surface area contributed by atoms with E-state index in [0.29, 0.717) is 48.0 Å². The van der Waals surface area contributed by atoms with Gasteiger partial charge in [0.1, 0.15) is 16.2 Å². The van der Waals surface area contributed by atoms with E-state index in [1.165, 1.54) is 11.8 Å². The smallest absolute Gasteiger partial charge is 0.407 e. The first kappa shape index (κ1) is 32.9. The molecule has 0 atom stereocenters. The van der Waals surface area contributed by atoms with Gasteiger partial charge in [-0.1, -0.05) is 6.07 Å². The molecular formula is C29H43N5O5S. The first-order chi connectivity index (χ1) is 18.4. The molecule has 11 heteroatoms. The highest BCUT2D eigenvalue weighted by Crippen LogP contribution is 2.30. The lowest BCUT2D eigenvalue weighted by Crippen LogP contribution is -2.35. The van der Waals surface area contributed by atoms with Crippen LogP contribution in [0.4, 0.5) is 10.7 Å². The maximum Gasteiger partial charge on any atom is 0.407 e. The topological polar surface area (TPSA) is 137 Å². The minimum Gasteiger partial charge on any atom is -0.456 e. The third kappa shape index (κ3) is 11.0. The van der Waals surface area contributed by atoms with Crippen molar-refractivity contribution in [1.29, 1.82) is 0 Å². The second-order valence-electron chi connectivity index (χ2n) is 11.6. The van der Waals surface area contributed by atoms with Crippen molar-refractivity contribution in [2.24, 2.45) is 0 Å². The highest BCUT2D eigenvalue weighted by atomic mass is 32.2. The first-order valence-electron chi connectivity index (χ1n) is 13.3. The molecule has 0 unspecified atom stereocenters. The Labute approximate surface area is 241 Å². The fourth-order valence-corrected chi connectivity index (χ4v) is 4.55. The largest absolute Gasteiger partial charge is 0.456 e. The Balaban J connectivity index is 1.98. The van der Waals surface area contributed by atoms with Gasteiger partial charge in [0, 0.05) is 37.9 Å². The minimum absolute atomic E-state index is 0.0107. The number of carbonyl (C=O) groups is 3. The number of nitrogens with two attached hydrogens (primary N) is 1. The van der Waals surface area contributed by atoms with Crippen LogP contribution in [0, 0.1) is 13.8 Å². The zero-order chi connectivity index (χ0) is 30.3. The first-order valence-corrected chi connectivity index (χ1v) is 14.3. The molecule has 0 spiro atoms. The molecule has 0 saturated carbocycles. The Hall–Kier alpha value is -3.34. The average Bonchev–Trinajstić information content (AvgIpc) is 2.79. The van der Waals surface area contributed by atoms with E-state index >= 15 is 0 Å². The van der Waals surface area contributed by atoms with Gasteiger partial charge in [0.2, 0.25) is 11.9 Å². The normalized spacial score (nSPS) is 11.6. The number of amides is 2. The summed E-state index contributed by atoms with van der Waals surface area (Å²) in [5, 5.41) is 3.33. The van der Waals surface area contributed by atoms with Crippen LogP contribution in [0.2, 0.25) is 0 Å². The van der Waals surface area contributed by atoms with Gasteiger partial charge in [-0.3, -0.25) is 4.79 Å². The van der Waals surface area contributed by atoms with Gasteiger partial charge >= 0.3 is 12.1 Å². The zero-order valence-corrected chi connectivity index (χ0v) is 26.0. The van der Waals surface area contributed by atoms with Crippen LogP contribution in [-0.2, 0) is 14.3 Å². The molecule has 0 radical (unpaired) electrons. The van der Waals surface area contributed by atoms with Crippen molar-refractivity contribution < 1.29 is 23.9 Å². The van der Waals surface area contributed by atoms with Crippen LogP contribution in [0.3, 0.4) is 0 Å². The van der Waals surface area contributed by atoms with Gasteiger partial charge in [0.05, 0.1) is 11.3 Å². The summed E-state index contributed by atoms with van der Waals surface area (Å²) in [6.07, 6.45) is 0.455. The molecule has 0 aliphatic heterocycles.